The van der Waals surface area contributed by atoms with Crippen LogP contribution in [0.1, 0.15) is 21.7 Å². The molecule has 0 aliphatic carbocycles. The topological polar surface area (TPSA) is 70.5 Å². The lowest BCUT2D eigenvalue weighted by atomic mass is 10.1. The number of likely N-dealkylation sites (N-methyl/N-ethyl adjacent to an activating group) is 1. The summed E-state index contributed by atoms with van der Waals surface area (Å²) in [5, 5.41) is 8.58. The van der Waals surface area contributed by atoms with Gasteiger partial charge in [-0.15, -0.1) is 0 Å². The summed E-state index contributed by atoms with van der Waals surface area (Å²) in [4.78, 5) is 27.6. The number of carboxylic acid groups (broad SMARTS) is 1. The van der Waals surface area contributed by atoms with E-state index in [9.17, 15) is 9.59 Å². The van der Waals surface area contributed by atoms with Gasteiger partial charge >= 0.3 is 5.97 Å². The maximum absolute atomic E-state index is 11.8. The van der Waals surface area contributed by atoms with E-state index >= 15 is 0 Å². The smallest absolute Gasteiger partial charge is 0.323 e. The molecular formula is C11H14N2O3. The van der Waals surface area contributed by atoms with Crippen molar-refractivity contribution in [2.75, 3.05) is 13.6 Å². The molecular weight excluding hydrogens is 208 g/mol. The van der Waals surface area contributed by atoms with Crippen LogP contribution in [-0.4, -0.2) is 40.5 Å². The summed E-state index contributed by atoms with van der Waals surface area (Å²) in [7, 11) is 1.45. The van der Waals surface area contributed by atoms with Crippen LogP contribution in [0.25, 0.3) is 0 Å². The van der Waals surface area contributed by atoms with E-state index in [2.05, 4.69) is 4.98 Å². The first kappa shape index (κ1) is 12.2. The van der Waals surface area contributed by atoms with Crippen molar-refractivity contribution in [3.8, 4) is 0 Å². The number of hydrogen-bond donors (Lipinski definition) is 1. The first-order chi connectivity index (χ1) is 7.41. The van der Waals surface area contributed by atoms with Gasteiger partial charge in [0.25, 0.3) is 5.91 Å². The van der Waals surface area contributed by atoms with Gasteiger partial charge < -0.3 is 10.0 Å². The number of nitrogens with zero attached hydrogens (tertiary/aromatic N) is 2. The van der Waals surface area contributed by atoms with Gasteiger partial charge in [0, 0.05) is 12.7 Å². The number of hydrogen-bond acceptors (Lipinski definition) is 3. The van der Waals surface area contributed by atoms with Crippen LogP contribution in [0.4, 0.5) is 0 Å². The molecule has 0 bridgehead atoms. The van der Waals surface area contributed by atoms with Crippen LogP contribution in [0.3, 0.4) is 0 Å². The number of aliphatic carboxylic acids is 1. The molecule has 0 radical (unpaired) electrons. The molecule has 0 saturated carbocycles. The largest absolute Gasteiger partial charge is 0.480 e. The monoisotopic (exact) mass is 222 g/mol. The fraction of sp³-hybridized carbons (Fsp3) is 0.364. The molecule has 1 aromatic rings. The number of rotatable bonds is 3. The SMILES string of the molecule is Cc1ccc(C(=O)N(C)CC(=O)O)c(C)n1. The van der Waals surface area contributed by atoms with Crippen LogP contribution in [0.2, 0.25) is 0 Å². The molecule has 86 valence electrons. The lowest BCUT2D eigenvalue weighted by Gasteiger charge is -2.15. The first-order valence-electron chi connectivity index (χ1n) is 4.83. The van der Waals surface area contributed by atoms with Crippen molar-refractivity contribution in [3.63, 3.8) is 0 Å². The summed E-state index contributed by atoms with van der Waals surface area (Å²) in [6, 6.07) is 3.40. The average molecular weight is 222 g/mol. The lowest BCUT2D eigenvalue weighted by Crippen LogP contribution is -2.32. The predicted molar refractivity (Wildman–Crippen MR) is 58.3 cm³/mol. The standard InChI is InChI=1S/C11H14N2O3/c1-7-4-5-9(8(2)12-7)11(16)13(3)6-10(14)15/h4-5H,6H2,1-3H3,(H,14,15). The van der Waals surface area contributed by atoms with E-state index in [1.165, 1.54) is 7.05 Å². The predicted octanol–water partition coefficient (Wildman–Crippen LogP) is 0.855. The Kier molecular flexibility index (Phi) is 3.60. The summed E-state index contributed by atoms with van der Waals surface area (Å²) in [5.74, 6) is -1.36. The van der Waals surface area contributed by atoms with E-state index in [0.29, 0.717) is 11.3 Å². The Bertz CT molecular complexity index is 429. The Hall–Kier alpha value is -1.91. The Morgan fingerprint density at radius 2 is 2.00 bits per heavy atom. The second-order valence-electron chi connectivity index (χ2n) is 3.64. The molecule has 1 N–H and O–H groups in total. The number of amides is 1. The Morgan fingerprint density at radius 3 is 2.50 bits per heavy atom. The molecule has 16 heavy (non-hydrogen) atoms. The van der Waals surface area contributed by atoms with Crippen LogP contribution >= 0.6 is 0 Å². The van der Waals surface area contributed by atoms with Crippen molar-refractivity contribution >= 4 is 11.9 Å². The average Bonchev–Trinajstić information content (AvgIpc) is 2.15. The third-order valence-corrected chi connectivity index (χ3v) is 2.17. The van der Waals surface area contributed by atoms with Crippen molar-refractivity contribution in [2.24, 2.45) is 0 Å². The van der Waals surface area contributed by atoms with Gasteiger partial charge in [0.1, 0.15) is 6.54 Å². The van der Waals surface area contributed by atoms with Gasteiger partial charge in [0.2, 0.25) is 0 Å². The van der Waals surface area contributed by atoms with Crippen molar-refractivity contribution in [1.29, 1.82) is 0 Å². The summed E-state index contributed by atoms with van der Waals surface area (Å²) in [5.41, 5.74) is 1.88. The number of aryl methyl sites for hydroxylation is 2. The van der Waals surface area contributed by atoms with Gasteiger partial charge in [-0.3, -0.25) is 14.6 Å². The molecule has 1 aromatic heterocycles. The highest BCUT2D eigenvalue weighted by atomic mass is 16.4. The van der Waals surface area contributed by atoms with Gasteiger partial charge in [0.05, 0.1) is 11.3 Å². The van der Waals surface area contributed by atoms with E-state index in [1.807, 2.05) is 6.92 Å². The van der Waals surface area contributed by atoms with E-state index < -0.39 is 5.97 Å². The molecule has 5 nitrogen and oxygen atoms in total. The van der Waals surface area contributed by atoms with Crippen LogP contribution in [0, 0.1) is 13.8 Å². The normalized spacial score (nSPS) is 9.94. The zero-order chi connectivity index (χ0) is 12.3. The highest BCUT2D eigenvalue weighted by Gasteiger charge is 2.16. The minimum absolute atomic E-state index is 0.313. The number of carbonyl (C=O) groups is 2. The Balaban J connectivity index is 2.92. The van der Waals surface area contributed by atoms with Crippen molar-refractivity contribution in [1.82, 2.24) is 9.88 Å². The highest BCUT2D eigenvalue weighted by molar-refractivity contribution is 5.96. The van der Waals surface area contributed by atoms with Crippen molar-refractivity contribution in [3.05, 3.63) is 29.1 Å². The van der Waals surface area contributed by atoms with Gasteiger partial charge in [-0.1, -0.05) is 0 Å². The zero-order valence-corrected chi connectivity index (χ0v) is 9.52. The van der Waals surface area contributed by atoms with E-state index in [1.54, 1.807) is 19.1 Å². The maximum atomic E-state index is 11.8. The molecule has 0 aromatic carbocycles. The van der Waals surface area contributed by atoms with Gasteiger partial charge in [-0.25, -0.2) is 0 Å². The summed E-state index contributed by atoms with van der Waals surface area (Å²) in [6.45, 7) is 3.25. The molecule has 5 heteroatoms. The Morgan fingerprint density at radius 1 is 1.38 bits per heavy atom. The van der Waals surface area contributed by atoms with Crippen molar-refractivity contribution < 1.29 is 14.7 Å². The molecule has 0 saturated heterocycles. The molecule has 0 atom stereocenters. The van der Waals surface area contributed by atoms with E-state index in [0.717, 1.165) is 10.6 Å². The first-order valence-corrected chi connectivity index (χ1v) is 4.83. The van der Waals surface area contributed by atoms with E-state index in [-0.39, 0.29) is 12.5 Å². The van der Waals surface area contributed by atoms with Crippen LogP contribution in [0.15, 0.2) is 12.1 Å². The number of carbonyl (C=O) groups excluding carboxylic acids is 1. The molecule has 1 heterocycles. The third-order valence-electron chi connectivity index (χ3n) is 2.17. The van der Waals surface area contributed by atoms with Crippen LogP contribution in [-0.2, 0) is 4.79 Å². The van der Waals surface area contributed by atoms with Crippen LogP contribution in [0.5, 0.6) is 0 Å². The summed E-state index contributed by atoms with van der Waals surface area (Å²) in [6.07, 6.45) is 0. The maximum Gasteiger partial charge on any atom is 0.323 e. The summed E-state index contributed by atoms with van der Waals surface area (Å²) < 4.78 is 0. The molecule has 0 fully saturated rings. The number of aromatic nitrogens is 1. The lowest BCUT2D eigenvalue weighted by molar-refractivity contribution is -0.137. The number of pyridine rings is 1. The molecule has 0 aliphatic heterocycles. The number of carboxylic acids is 1. The molecule has 0 spiro atoms. The second kappa shape index (κ2) is 4.74. The fourth-order valence-corrected chi connectivity index (χ4v) is 1.39. The van der Waals surface area contributed by atoms with Crippen molar-refractivity contribution in [2.45, 2.75) is 13.8 Å². The molecule has 1 rings (SSSR count). The van der Waals surface area contributed by atoms with Crippen LogP contribution < -0.4 is 0 Å². The van der Waals surface area contributed by atoms with Gasteiger partial charge in [0.15, 0.2) is 0 Å². The quantitative estimate of drug-likeness (QED) is 0.823. The molecule has 0 unspecified atom stereocenters. The summed E-state index contributed by atoms with van der Waals surface area (Å²) >= 11 is 0. The van der Waals surface area contributed by atoms with E-state index in [4.69, 9.17) is 5.11 Å². The zero-order valence-electron chi connectivity index (χ0n) is 9.52. The fourth-order valence-electron chi connectivity index (χ4n) is 1.39. The minimum Gasteiger partial charge on any atom is -0.480 e. The Labute approximate surface area is 93.7 Å². The minimum atomic E-state index is -1.03. The van der Waals surface area contributed by atoms with Gasteiger partial charge in [-0.05, 0) is 26.0 Å². The second-order valence-corrected chi connectivity index (χ2v) is 3.64. The molecule has 0 aliphatic rings. The van der Waals surface area contributed by atoms with Gasteiger partial charge in [-0.2, -0.15) is 0 Å². The third kappa shape index (κ3) is 2.79. The molecule has 1 amide bonds. The highest BCUT2D eigenvalue weighted by Crippen LogP contribution is 2.09.